The Kier molecular flexibility index (Phi) is 7.63. The van der Waals surface area contributed by atoms with Crippen molar-refractivity contribution in [2.24, 2.45) is 5.92 Å². The lowest BCUT2D eigenvalue weighted by molar-refractivity contribution is -0.137. The van der Waals surface area contributed by atoms with Crippen molar-refractivity contribution in [3.63, 3.8) is 0 Å². The van der Waals surface area contributed by atoms with Crippen LogP contribution in [0, 0.1) is 5.92 Å². The average Bonchev–Trinajstić information content (AvgIpc) is 2.74. The van der Waals surface area contributed by atoms with Crippen molar-refractivity contribution >= 4 is 54.9 Å². The maximum atomic E-state index is 12.1. The van der Waals surface area contributed by atoms with E-state index in [-0.39, 0.29) is 23.1 Å². The topological polar surface area (TPSA) is 83.5 Å². The van der Waals surface area contributed by atoms with Gasteiger partial charge >= 0.3 is 5.97 Å². The van der Waals surface area contributed by atoms with Crippen LogP contribution >= 0.6 is 38.9 Å². The number of carboxylic acid groups (broad SMARTS) is 1. The molecule has 120 valence electrons. The molecule has 1 heterocycles. The Labute approximate surface area is 141 Å². The number of rotatable bonds is 9. The second-order valence-corrected chi connectivity index (χ2v) is 9.35. The SMILES string of the molecule is CCC(CCNS(=O)(=O)c1cc(Cl)c(Br)s1)CCC(=O)O. The highest BCUT2D eigenvalue weighted by Gasteiger charge is 2.19. The lowest BCUT2D eigenvalue weighted by Gasteiger charge is -2.13. The molecule has 0 saturated carbocycles. The van der Waals surface area contributed by atoms with Gasteiger partial charge in [-0.15, -0.1) is 11.3 Å². The van der Waals surface area contributed by atoms with E-state index >= 15 is 0 Å². The second-order valence-electron chi connectivity index (χ2n) is 4.58. The van der Waals surface area contributed by atoms with Crippen molar-refractivity contribution in [1.82, 2.24) is 4.72 Å². The Bertz CT molecular complexity index is 569. The van der Waals surface area contributed by atoms with Crippen molar-refractivity contribution in [2.45, 2.75) is 36.8 Å². The number of hydrogen-bond acceptors (Lipinski definition) is 4. The zero-order valence-electron chi connectivity index (χ0n) is 11.4. The van der Waals surface area contributed by atoms with Crippen molar-refractivity contribution in [3.05, 3.63) is 14.9 Å². The van der Waals surface area contributed by atoms with Crippen molar-refractivity contribution in [2.75, 3.05) is 6.54 Å². The molecule has 0 aliphatic carbocycles. The zero-order valence-corrected chi connectivity index (χ0v) is 15.4. The van der Waals surface area contributed by atoms with E-state index in [2.05, 4.69) is 20.7 Å². The summed E-state index contributed by atoms with van der Waals surface area (Å²) in [7, 11) is -3.56. The van der Waals surface area contributed by atoms with Crippen LogP contribution < -0.4 is 4.72 Å². The number of halogens is 2. The molecule has 0 fully saturated rings. The third kappa shape index (κ3) is 6.23. The van der Waals surface area contributed by atoms with Crippen LogP contribution in [-0.2, 0) is 14.8 Å². The third-order valence-electron chi connectivity index (χ3n) is 3.08. The molecule has 0 aliphatic rings. The van der Waals surface area contributed by atoms with Gasteiger partial charge in [0.05, 0.1) is 8.81 Å². The Morgan fingerprint density at radius 1 is 1.52 bits per heavy atom. The Hall–Kier alpha value is -0.150. The van der Waals surface area contributed by atoms with E-state index < -0.39 is 16.0 Å². The molecule has 9 heteroatoms. The summed E-state index contributed by atoms with van der Waals surface area (Å²) >= 11 is 10.1. The molecular formula is C12H17BrClNO4S2. The second kappa shape index (κ2) is 8.47. The molecule has 1 aromatic rings. The molecule has 1 rings (SSSR count). The van der Waals surface area contributed by atoms with E-state index in [1.165, 1.54) is 6.07 Å². The van der Waals surface area contributed by atoms with Crippen LogP contribution in [0.3, 0.4) is 0 Å². The van der Waals surface area contributed by atoms with E-state index in [0.717, 1.165) is 17.8 Å². The molecule has 0 saturated heterocycles. The van der Waals surface area contributed by atoms with Crippen LogP contribution in [0.15, 0.2) is 14.1 Å². The summed E-state index contributed by atoms with van der Waals surface area (Å²) in [6.45, 7) is 2.25. The summed E-state index contributed by atoms with van der Waals surface area (Å²) < 4.78 is 27.4. The minimum Gasteiger partial charge on any atom is -0.481 e. The largest absolute Gasteiger partial charge is 0.481 e. The van der Waals surface area contributed by atoms with Crippen molar-refractivity contribution < 1.29 is 18.3 Å². The van der Waals surface area contributed by atoms with E-state index in [0.29, 0.717) is 21.7 Å². The molecule has 21 heavy (non-hydrogen) atoms. The summed E-state index contributed by atoms with van der Waals surface area (Å²) in [6, 6.07) is 1.40. The van der Waals surface area contributed by atoms with Crippen LogP contribution in [0.25, 0.3) is 0 Å². The predicted octanol–water partition coefficient (Wildman–Crippen LogP) is 3.72. The molecule has 5 nitrogen and oxygen atoms in total. The highest BCUT2D eigenvalue weighted by molar-refractivity contribution is 9.11. The molecule has 1 aromatic heterocycles. The van der Waals surface area contributed by atoms with E-state index in [1.54, 1.807) is 0 Å². The standard InChI is InChI=1S/C12H17BrClNO4S2/c1-2-8(3-4-10(16)17)5-6-15-21(18,19)11-7-9(14)12(13)20-11/h7-8,15H,2-6H2,1H3,(H,16,17). The summed E-state index contributed by atoms with van der Waals surface area (Å²) in [5.74, 6) is -0.630. The smallest absolute Gasteiger partial charge is 0.303 e. The van der Waals surface area contributed by atoms with Gasteiger partial charge < -0.3 is 5.11 Å². The van der Waals surface area contributed by atoms with Crippen LogP contribution in [0.4, 0.5) is 0 Å². The van der Waals surface area contributed by atoms with E-state index in [9.17, 15) is 13.2 Å². The molecule has 0 spiro atoms. The fraction of sp³-hybridized carbons (Fsp3) is 0.583. The molecule has 0 amide bonds. The first-order valence-electron chi connectivity index (χ1n) is 6.42. The van der Waals surface area contributed by atoms with E-state index in [1.807, 2.05) is 6.92 Å². The van der Waals surface area contributed by atoms with Gasteiger partial charge in [0.15, 0.2) is 0 Å². The minimum absolute atomic E-state index is 0.110. The normalized spacial score (nSPS) is 13.3. The van der Waals surface area contributed by atoms with Gasteiger partial charge in [0.1, 0.15) is 4.21 Å². The van der Waals surface area contributed by atoms with Gasteiger partial charge in [-0.3, -0.25) is 4.79 Å². The molecule has 0 radical (unpaired) electrons. The summed E-state index contributed by atoms with van der Waals surface area (Å²) in [4.78, 5) is 10.5. The fourth-order valence-corrected chi connectivity index (χ4v) is 5.30. The molecule has 0 aliphatic heterocycles. The fourth-order valence-electron chi connectivity index (χ4n) is 1.81. The predicted molar refractivity (Wildman–Crippen MR) is 87.5 cm³/mol. The van der Waals surface area contributed by atoms with E-state index in [4.69, 9.17) is 16.7 Å². The summed E-state index contributed by atoms with van der Waals surface area (Å²) in [6.07, 6.45) is 2.11. The van der Waals surface area contributed by atoms with Gasteiger partial charge in [0.25, 0.3) is 0 Å². The number of hydrogen-bond donors (Lipinski definition) is 2. The molecule has 2 N–H and O–H groups in total. The van der Waals surface area contributed by atoms with Crippen molar-refractivity contribution in [1.29, 1.82) is 0 Å². The maximum Gasteiger partial charge on any atom is 0.303 e. The molecule has 0 aromatic carbocycles. The van der Waals surface area contributed by atoms with Gasteiger partial charge in [0.2, 0.25) is 10.0 Å². The first kappa shape index (κ1) is 18.9. The van der Waals surface area contributed by atoms with Gasteiger partial charge in [-0.25, -0.2) is 13.1 Å². The van der Waals surface area contributed by atoms with Crippen LogP contribution in [0.5, 0.6) is 0 Å². The third-order valence-corrected chi connectivity index (χ3v) is 7.49. The number of thiophene rings is 1. The molecule has 1 unspecified atom stereocenters. The highest BCUT2D eigenvalue weighted by atomic mass is 79.9. The number of aliphatic carboxylic acids is 1. The number of sulfonamides is 1. The Morgan fingerprint density at radius 2 is 2.19 bits per heavy atom. The maximum absolute atomic E-state index is 12.1. The van der Waals surface area contributed by atoms with Crippen LogP contribution in [0.1, 0.15) is 32.6 Å². The average molecular weight is 419 g/mol. The monoisotopic (exact) mass is 417 g/mol. The lowest BCUT2D eigenvalue weighted by atomic mass is 9.97. The first-order chi connectivity index (χ1) is 9.76. The Morgan fingerprint density at radius 3 is 2.67 bits per heavy atom. The van der Waals surface area contributed by atoms with Crippen LogP contribution in [-0.4, -0.2) is 26.0 Å². The van der Waals surface area contributed by atoms with Crippen LogP contribution in [0.2, 0.25) is 5.02 Å². The molecular weight excluding hydrogens is 402 g/mol. The van der Waals surface area contributed by atoms with Gasteiger partial charge in [-0.05, 0) is 40.8 Å². The number of carboxylic acids is 1. The van der Waals surface area contributed by atoms with Gasteiger partial charge in [-0.2, -0.15) is 0 Å². The quantitative estimate of drug-likeness (QED) is 0.640. The zero-order chi connectivity index (χ0) is 16.0. The lowest BCUT2D eigenvalue weighted by Crippen LogP contribution is -2.25. The van der Waals surface area contributed by atoms with Gasteiger partial charge in [0, 0.05) is 13.0 Å². The summed E-state index contributed by atoms with van der Waals surface area (Å²) in [5, 5.41) is 9.03. The molecule has 1 atom stereocenters. The molecule has 0 bridgehead atoms. The summed E-state index contributed by atoms with van der Waals surface area (Å²) in [5.41, 5.74) is 0. The van der Waals surface area contributed by atoms with Crippen molar-refractivity contribution in [3.8, 4) is 0 Å². The minimum atomic E-state index is -3.56. The number of nitrogens with one attached hydrogen (secondary N) is 1. The Balaban J connectivity index is 2.51. The van der Waals surface area contributed by atoms with Gasteiger partial charge in [-0.1, -0.05) is 24.9 Å². The number of carbonyl (C=O) groups is 1. The first-order valence-corrected chi connectivity index (χ1v) is 9.89. The highest BCUT2D eigenvalue weighted by Crippen LogP contribution is 2.34.